The Hall–Kier alpha value is -3.06. The Morgan fingerprint density at radius 1 is 1.09 bits per heavy atom. The Morgan fingerprint density at radius 3 is 2.64 bits per heavy atom. The molecule has 2 aromatic heterocycles. The second kappa shape index (κ2) is 9.83. The molecule has 7 heteroatoms. The lowest BCUT2D eigenvalue weighted by molar-refractivity contribution is -0.131. The SMILES string of the molecule is COc1ccc2[nH]cc(C3CCN(CCC(=O)N4CCN(c5ccccn5)CC4)CC3)c2c1. The van der Waals surface area contributed by atoms with Crippen LogP contribution in [0, 0.1) is 0 Å². The average Bonchev–Trinajstić information content (AvgIpc) is 3.31. The molecule has 0 saturated carbocycles. The molecule has 0 atom stereocenters. The number of likely N-dealkylation sites (tertiary alicyclic amines) is 1. The Morgan fingerprint density at radius 2 is 1.91 bits per heavy atom. The fourth-order valence-electron chi connectivity index (χ4n) is 5.19. The van der Waals surface area contributed by atoms with Crippen molar-refractivity contribution in [2.24, 2.45) is 0 Å². The molecule has 2 saturated heterocycles. The van der Waals surface area contributed by atoms with Crippen molar-refractivity contribution in [3.8, 4) is 5.75 Å². The molecule has 3 aromatic rings. The van der Waals surface area contributed by atoms with E-state index < -0.39 is 0 Å². The number of pyridine rings is 1. The number of anilines is 1. The summed E-state index contributed by atoms with van der Waals surface area (Å²) >= 11 is 0. The molecule has 0 unspecified atom stereocenters. The minimum Gasteiger partial charge on any atom is -0.497 e. The Labute approximate surface area is 195 Å². The first kappa shape index (κ1) is 21.8. The van der Waals surface area contributed by atoms with Crippen molar-refractivity contribution in [3.05, 3.63) is 54.4 Å². The minimum atomic E-state index is 0.279. The number of H-pyrrole nitrogens is 1. The molecule has 0 radical (unpaired) electrons. The highest BCUT2D eigenvalue weighted by molar-refractivity contribution is 5.85. The number of aromatic nitrogens is 2. The largest absolute Gasteiger partial charge is 0.497 e. The summed E-state index contributed by atoms with van der Waals surface area (Å²) in [5.74, 6) is 2.74. The first-order valence-corrected chi connectivity index (χ1v) is 12.0. The highest BCUT2D eigenvalue weighted by Gasteiger charge is 2.25. The fourth-order valence-corrected chi connectivity index (χ4v) is 5.19. The van der Waals surface area contributed by atoms with Crippen molar-refractivity contribution >= 4 is 22.6 Å². The molecule has 2 fully saturated rings. The first-order chi connectivity index (χ1) is 16.2. The van der Waals surface area contributed by atoms with Gasteiger partial charge in [0, 0.05) is 62.4 Å². The van der Waals surface area contributed by atoms with Crippen molar-refractivity contribution in [2.75, 3.05) is 57.8 Å². The van der Waals surface area contributed by atoms with Crippen LogP contribution in [0.15, 0.2) is 48.8 Å². The van der Waals surface area contributed by atoms with E-state index in [2.05, 4.69) is 38.1 Å². The number of ether oxygens (including phenoxy) is 1. The molecule has 174 valence electrons. The van der Waals surface area contributed by atoms with Crippen LogP contribution in [0.25, 0.3) is 10.9 Å². The number of nitrogens with zero attached hydrogens (tertiary/aromatic N) is 4. The minimum absolute atomic E-state index is 0.279. The molecule has 1 N–H and O–H groups in total. The summed E-state index contributed by atoms with van der Waals surface area (Å²) in [5.41, 5.74) is 2.56. The third-order valence-electron chi connectivity index (χ3n) is 7.20. The number of aromatic amines is 1. The number of hydrogen-bond acceptors (Lipinski definition) is 5. The number of amides is 1. The lowest BCUT2D eigenvalue weighted by Gasteiger charge is -2.36. The van der Waals surface area contributed by atoms with Crippen LogP contribution >= 0.6 is 0 Å². The second-order valence-electron chi connectivity index (χ2n) is 9.08. The molecule has 2 aliphatic heterocycles. The van der Waals surface area contributed by atoms with Gasteiger partial charge in [-0.15, -0.1) is 0 Å². The maximum absolute atomic E-state index is 12.8. The molecule has 4 heterocycles. The van der Waals surface area contributed by atoms with Gasteiger partial charge in [0.15, 0.2) is 0 Å². The molecule has 0 spiro atoms. The summed E-state index contributed by atoms with van der Waals surface area (Å²) in [6.07, 6.45) is 6.85. The number of rotatable bonds is 6. The number of methoxy groups -OCH3 is 1. The highest BCUT2D eigenvalue weighted by Crippen LogP contribution is 2.34. The van der Waals surface area contributed by atoms with Gasteiger partial charge in [-0.3, -0.25) is 4.79 Å². The average molecular weight is 448 g/mol. The number of carbonyl (C=O) groups is 1. The van der Waals surface area contributed by atoms with E-state index in [1.807, 2.05) is 35.4 Å². The normalized spacial score (nSPS) is 18.1. The van der Waals surface area contributed by atoms with Crippen molar-refractivity contribution in [1.29, 1.82) is 0 Å². The molecule has 1 amide bonds. The van der Waals surface area contributed by atoms with Crippen molar-refractivity contribution in [1.82, 2.24) is 19.8 Å². The molecule has 1 aromatic carbocycles. The first-order valence-electron chi connectivity index (χ1n) is 12.0. The van der Waals surface area contributed by atoms with E-state index in [1.165, 1.54) is 16.5 Å². The Balaban J connectivity index is 1.08. The van der Waals surface area contributed by atoms with Crippen LogP contribution in [0.5, 0.6) is 5.75 Å². The van der Waals surface area contributed by atoms with E-state index >= 15 is 0 Å². The van der Waals surface area contributed by atoms with Gasteiger partial charge < -0.3 is 24.4 Å². The zero-order valence-electron chi connectivity index (χ0n) is 19.4. The predicted octanol–water partition coefficient (Wildman–Crippen LogP) is 3.49. The number of piperazine rings is 1. The number of fused-ring (bicyclic) bond motifs is 1. The highest BCUT2D eigenvalue weighted by atomic mass is 16.5. The maximum atomic E-state index is 12.8. The van der Waals surface area contributed by atoms with Crippen molar-refractivity contribution < 1.29 is 9.53 Å². The number of benzene rings is 1. The molecule has 7 nitrogen and oxygen atoms in total. The maximum Gasteiger partial charge on any atom is 0.223 e. The van der Waals surface area contributed by atoms with E-state index in [-0.39, 0.29) is 5.91 Å². The van der Waals surface area contributed by atoms with Gasteiger partial charge in [-0.25, -0.2) is 4.98 Å². The summed E-state index contributed by atoms with van der Waals surface area (Å²) in [6, 6.07) is 12.2. The molecular weight excluding hydrogens is 414 g/mol. The van der Waals surface area contributed by atoms with Gasteiger partial charge in [-0.1, -0.05) is 6.07 Å². The Kier molecular flexibility index (Phi) is 6.48. The molecule has 0 bridgehead atoms. The fraction of sp³-hybridized carbons (Fsp3) is 0.462. The lowest BCUT2D eigenvalue weighted by Crippen LogP contribution is -2.49. The van der Waals surface area contributed by atoms with Crippen LogP contribution in [0.2, 0.25) is 0 Å². The molecule has 33 heavy (non-hydrogen) atoms. The topological polar surface area (TPSA) is 64.7 Å². The second-order valence-corrected chi connectivity index (χ2v) is 9.08. The van der Waals surface area contributed by atoms with E-state index in [9.17, 15) is 4.79 Å². The molecule has 2 aliphatic rings. The number of nitrogens with one attached hydrogen (secondary N) is 1. The molecular formula is C26H33N5O2. The zero-order chi connectivity index (χ0) is 22.6. The third-order valence-corrected chi connectivity index (χ3v) is 7.20. The number of hydrogen-bond donors (Lipinski definition) is 1. The van der Waals surface area contributed by atoms with Crippen LogP contribution < -0.4 is 9.64 Å². The lowest BCUT2D eigenvalue weighted by atomic mass is 9.89. The van der Waals surface area contributed by atoms with Crippen LogP contribution in [-0.2, 0) is 4.79 Å². The number of carbonyl (C=O) groups excluding carboxylic acids is 1. The van der Waals surface area contributed by atoms with Crippen LogP contribution in [0.3, 0.4) is 0 Å². The monoisotopic (exact) mass is 447 g/mol. The standard InChI is InChI=1S/C26H33N5O2/c1-33-21-5-6-24-22(18-21)23(19-28-24)20-7-11-29(12-8-20)13-9-26(32)31-16-14-30(15-17-31)25-4-2-3-10-27-25/h2-6,10,18-20,28H,7-9,11-17H2,1H3. The summed E-state index contributed by atoms with van der Waals surface area (Å²) in [5, 5.41) is 1.27. The smallest absolute Gasteiger partial charge is 0.223 e. The Bertz CT molecular complexity index is 1070. The van der Waals surface area contributed by atoms with Gasteiger partial charge in [0.2, 0.25) is 5.91 Å². The van der Waals surface area contributed by atoms with Gasteiger partial charge in [0.05, 0.1) is 7.11 Å². The van der Waals surface area contributed by atoms with E-state index in [1.54, 1.807) is 7.11 Å². The molecule has 5 rings (SSSR count). The quantitative estimate of drug-likeness (QED) is 0.627. The van der Waals surface area contributed by atoms with Gasteiger partial charge in [0.1, 0.15) is 11.6 Å². The summed E-state index contributed by atoms with van der Waals surface area (Å²) in [4.78, 5) is 27.4. The van der Waals surface area contributed by atoms with E-state index in [0.717, 1.165) is 70.2 Å². The van der Waals surface area contributed by atoms with E-state index in [0.29, 0.717) is 12.3 Å². The van der Waals surface area contributed by atoms with Gasteiger partial charge in [0.25, 0.3) is 0 Å². The predicted molar refractivity (Wildman–Crippen MR) is 131 cm³/mol. The van der Waals surface area contributed by atoms with Crippen LogP contribution in [0.1, 0.15) is 30.7 Å². The van der Waals surface area contributed by atoms with E-state index in [4.69, 9.17) is 4.74 Å². The summed E-state index contributed by atoms with van der Waals surface area (Å²) < 4.78 is 5.42. The van der Waals surface area contributed by atoms with Gasteiger partial charge in [-0.2, -0.15) is 0 Å². The third kappa shape index (κ3) is 4.83. The summed E-state index contributed by atoms with van der Waals surface area (Å²) in [6.45, 7) is 6.20. The van der Waals surface area contributed by atoms with Gasteiger partial charge >= 0.3 is 0 Å². The zero-order valence-corrected chi connectivity index (χ0v) is 19.4. The molecule has 0 aliphatic carbocycles. The van der Waals surface area contributed by atoms with Crippen molar-refractivity contribution in [2.45, 2.75) is 25.2 Å². The number of piperidine rings is 1. The van der Waals surface area contributed by atoms with Crippen molar-refractivity contribution in [3.63, 3.8) is 0 Å². The van der Waals surface area contributed by atoms with Crippen LogP contribution in [-0.4, -0.2) is 78.6 Å². The van der Waals surface area contributed by atoms with Crippen LogP contribution in [0.4, 0.5) is 5.82 Å². The van der Waals surface area contributed by atoms with Gasteiger partial charge in [-0.05, 0) is 67.7 Å². The summed E-state index contributed by atoms with van der Waals surface area (Å²) in [7, 11) is 1.72.